The van der Waals surface area contributed by atoms with Crippen LogP contribution in [0.2, 0.25) is 10.0 Å². The Morgan fingerprint density at radius 3 is 2.59 bits per heavy atom. The first-order chi connectivity index (χ1) is 19.8. The third kappa shape index (κ3) is 6.07. The van der Waals surface area contributed by atoms with E-state index < -0.39 is 0 Å². The number of carbonyl (C=O) groups excluding carboxylic acids is 1. The van der Waals surface area contributed by atoms with Crippen LogP contribution in [0.4, 0.5) is 5.95 Å². The highest BCUT2D eigenvalue weighted by molar-refractivity contribution is 6.41. The minimum Gasteiger partial charge on any atom is -0.495 e. The Kier molecular flexibility index (Phi) is 8.57. The number of rotatable bonds is 9. The van der Waals surface area contributed by atoms with Crippen LogP contribution in [0.3, 0.4) is 0 Å². The van der Waals surface area contributed by atoms with Crippen molar-refractivity contribution < 1.29 is 19.0 Å². The number of nitrogens with zero attached hydrogens (tertiary/aromatic N) is 5. The van der Waals surface area contributed by atoms with Crippen molar-refractivity contribution in [3.05, 3.63) is 64.7 Å². The van der Waals surface area contributed by atoms with Gasteiger partial charge in [0.2, 0.25) is 11.9 Å². The smallest absolute Gasteiger partial charge is 0.243 e. The molecule has 4 heterocycles. The molecular formula is C28H29Cl2N7O4. The molecule has 11 nitrogen and oxygen atoms in total. The van der Waals surface area contributed by atoms with Crippen LogP contribution in [0.15, 0.2) is 43.4 Å². The van der Waals surface area contributed by atoms with E-state index in [1.165, 1.54) is 20.3 Å². The van der Waals surface area contributed by atoms with E-state index in [2.05, 4.69) is 27.3 Å². The van der Waals surface area contributed by atoms with Gasteiger partial charge in [0.15, 0.2) is 0 Å². The molecule has 0 bridgehead atoms. The van der Waals surface area contributed by atoms with Gasteiger partial charge in [-0.15, -0.1) is 0 Å². The molecule has 0 spiro atoms. The highest BCUT2D eigenvalue weighted by Gasteiger charge is 2.28. The quantitative estimate of drug-likeness (QED) is 0.273. The lowest BCUT2D eigenvalue weighted by Crippen LogP contribution is -2.52. The number of amides is 1. The highest BCUT2D eigenvalue weighted by atomic mass is 35.5. The minimum absolute atomic E-state index is 0.170. The molecule has 41 heavy (non-hydrogen) atoms. The molecule has 0 unspecified atom stereocenters. The number of hydrogen-bond acceptors (Lipinski definition) is 9. The van der Waals surface area contributed by atoms with Gasteiger partial charge in [0.1, 0.15) is 11.5 Å². The van der Waals surface area contributed by atoms with Crippen LogP contribution in [0.25, 0.3) is 22.2 Å². The van der Waals surface area contributed by atoms with E-state index in [9.17, 15) is 4.79 Å². The number of anilines is 1. The average Bonchev–Trinajstić information content (AvgIpc) is 3.38. The van der Waals surface area contributed by atoms with Crippen molar-refractivity contribution in [3.63, 3.8) is 0 Å². The average molecular weight is 598 g/mol. The minimum atomic E-state index is -0.245. The Bertz CT molecular complexity index is 1580. The lowest BCUT2D eigenvalue weighted by Gasteiger charge is -2.32. The highest BCUT2D eigenvalue weighted by Crippen LogP contribution is 2.46. The van der Waals surface area contributed by atoms with Gasteiger partial charge in [-0.3, -0.25) is 14.5 Å². The molecule has 13 heteroatoms. The van der Waals surface area contributed by atoms with Crippen LogP contribution in [0, 0.1) is 0 Å². The van der Waals surface area contributed by atoms with Crippen LogP contribution in [-0.2, 0) is 23.0 Å². The number of nitrogens with one attached hydrogen (secondary N) is 2. The lowest BCUT2D eigenvalue weighted by molar-refractivity contribution is -0.117. The number of fused-ring (bicyclic) bond motifs is 1. The molecule has 1 aliphatic rings. The number of carbonyl (C=O) groups is 1. The first-order valence-corrected chi connectivity index (χ1v) is 13.6. The summed E-state index contributed by atoms with van der Waals surface area (Å²) in [5, 5.41) is 11.9. The molecule has 2 N–H and O–H groups in total. The molecule has 1 aromatic carbocycles. The van der Waals surface area contributed by atoms with Crippen LogP contribution in [0.5, 0.6) is 11.5 Å². The molecule has 1 saturated heterocycles. The first-order valence-electron chi connectivity index (χ1n) is 12.8. The van der Waals surface area contributed by atoms with Gasteiger partial charge in [0.05, 0.1) is 66.1 Å². The third-order valence-corrected chi connectivity index (χ3v) is 7.53. The Labute approximate surface area is 246 Å². The number of hydrogen-bond donors (Lipinski definition) is 2. The standard InChI is InChI=1S/C28H29Cl2N7O4/c1-5-23(38)34-17-6-7-41-14-20(17)35-28-31-12-16-9-18(24-25(29)21(39-3)10-22(40-4)26(24)30)33-19(27(16)36-28)8-15-11-32-37(2)13-15/h5,9-13,17,20H,1,6-8,14H2,2-4H3,(H,34,38)(H,31,35,36)/t17-,20+/m0/s1. The summed E-state index contributed by atoms with van der Waals surface area (Å²) in [6.07, 6.45) is 7.75. The van der Waals surface area contributed by atoms with Crippen molar-refractivity contribution in [1.29, 1.82) is 0 Å². The first kappa shape index (κ1) is 28.6. The molecule has 214 valence electrons. The van der Waals surface area contributed by atoms with Gasteiger partial charge in [-0.05, 0) is 24.1 Å². The third-order valence-electron chi connectivity index (χ3n) is 6.78. The van der Waals surface area contributed by atoms with Gasteiger partial charge in [-0.25, -0.2) is 9.97 Å². The van der Waals surface area contributed by atoms with Crippen LogP contribution < -0.4 is 20.1 Å². The van der Waals surface area contributed by atoms with Crippen molar-refractivity contribution in [2.45, 2.75) is 24.9 Å². The molecule has 0 aliphatic carbocycles. The fourth-order valence-corrected chi connectivity index (χ4v) is 5.45. The summed E-state index contributed by atoms with van der Waals surface area (Å²) in [6.45, 7) is 4.47. The summed E-state index contributed by atoms with van der Waals surface area (Å²) in [7, 11) is 4.89. The summed E-state index contributed by atoms with van der Waals surface area (Å²) in [4.78, 5) is 26.3. The number of pyridine rings is 1. The molecule has 5 rings (SSSR count). The van der Waals surface area contributed by atoms with Crippen molar-refractivity contribution >= 4 is 46.0 Å². The van der Waals surface area contributed by atoms with Gasteiger partial charge in [-0.2, -0.15) is 5.10 Å². The molecular weight excluding hydrogens is 569 g/mol. The summed E-state index contributed by atoms with van der Waals surface area (Å²) in [5.74, 6) is 0.946. The van der Waals surface area contributed by atoms with E-state index in [1.54, 1.807) is 23.1 Å². The number of aryl methyl sites for hydroxylation is 1. The second-order valence-electron chi connectivity index (χ2n) is 9.50. The molecule has 4 aromatic rings. The molecule has 0 saturated carbocycles. The second-order valence-corrected chi connectivity index (χ2v) is 10.3. The largest absolute Gasteiger partial charge is 0.495 e. The molecule has 1 amide bonds. The van der Waals surface area contributed by atoms with Gasteiger partial charge < -0.3 is 24.8 Å². The molecule has 3 aromatic heterocycles. The maximum Gasteiger partial charge on any atom is 0.243 e. The topological polar surface area (TPSA) is 125 Å². The fraction of sp³-hybridized carbons (Fsp3) is 0.321. The number of ether oxygens (including phenoxy) is 3. The predicted molar refractivity (Wildman–Crippen MR) is 157 cm³/mol. The zero-order valence-electron chi connectivity index (χ0n) is 22.8. The Hall–Kier alpha value is -3.93. The van der Waals surface area contributed by atoms with Crippen molar-refractivity contribution in [1.82, 2.24) is 30.0 Å². The van der Waals surface area contributed by atoms with E-state index >= 15 is 0 Å². The Morgan fingerprint density at radius 2 is 1.93 bits per heavy atom. The van der Waals surface area contributed by atoms with E-state index in [1.807, 2.05) is 19.3 Å². The van der Waals surface area contributed by atoms with E-state index in [0.29, 0.717) is 76.0 Å². The van der Waals surface area contributed by atoms with Crippen LogP contribution in [0.1, 0.15) is 17.7 Å². The predicted octanol–water partition coefficient (Wildman–Crippen LogP) is 4.21. The van der Waals surface area contributed by atoms with E-state index in [4.69, 9.17) is 47.4 Å². The van der Waals surface area contributed by atoms with Crippen molar-refractivity contribution in [2.24, 2.45) is 7.05 Å². The maximum absolute atomic E-state index is 12.0. The lowest BCUT2D eigenvalue weighted by atomic mass is 10.0. The van der Waals surface area contributed by atoms with Gasteiger partial charge in [-0.1, -0.05) is 29.8 Å². The normalized spacial score (nSPS) is 16.8. The number of aromatic nitrogens is 5. The van der Waals surface area contributed by atoms with Gasteiger partial charge in [0, 0.05) is 49.5 Å². The SMILES string of the molecule is C=CC(=O)N[C@H]1CCOC[C@H]1Nc1ncc2cc(-c3c(Cl)c(OC)cc(OC)c3Cl)nc(Cc3cnn(C)c3)c2n1. The Balaban J connectivity index is 1.60. The monoisotopic (exact) mass is 597 g/mol. The van der Waals surface area contributed by atoms with Crippen LogP contribution in [-0.4, -0.2) is 70.2 Å². The Morgan fingerprint density at radius 1 is 1.17 bits per heavy atom. The van der Waals surface area contributed by atoms with Gasteiger partial charge >= 0.3 is 0 Å². The zero-order valence-corrected chi connectivity index (χ0v) is 24.3. The van der Waals surface area contributed by atoms with Crippen molar-refractivity contribution in [3.8, 4) is 22.8 Å². The summed E-state index contributed by atoms with van der Waals surface area (Å²) in [6, 6.07) is 3.05. The summed E-state index contributed by atoms with van der Waals surface area (Å²) in [5.41, 5.74) is 3.24. The van der Waals surface area contributed by atoms with E-state index in [0.717, 1.165) is 10.9 Å². The molecule has 1 aliphatic heterocycles. The molecule has 1 fully saturated rings. The number of benzene rings is 1. The maximum atomic E-state index is 12.0. The number of methoxy groups -OCH3 is 2. The zero-order chi connectivity index (χ0) is 29.1. The fourth-order valence-electron chi connectivity index (χ4n) is 4.75. The van der Waals surface area contributed by atoms with Crippen molar-refractivity contribution in [2.75, 3.05) is 32.8 Å². The second kappa shape index (κ2) is 12.3. The molecule has 0 radical (unpaired) electrons. The van der Waals surface area contributed by atoms with Crippen LogP contribution >= 0.6 is 23.2 Å². The van der Waals surface area contributed by atoms with Gasteiger partial charge in [0.25, 0.3) is 0 Å². The summed E-state index contributed by atoms with van der Waals surface area (Å²) >= 11 is 13.5. The van der Waals surface area contributed by atoms with E-state index in [-0.39, 0.29) is 18.0 Å². The molecule has 2 atom stereocenters. The number of halogens is 2. The summed E-state index contributed by atoms with van der Waals surface area (Å²) < 4.78 is 18.3.